The van der Waals surface area contributed by atoms with Crippen molar-refractivity contribution in [2.45, 2.75) is 13.5 Å². The number of nitrogens with zero attached hydrogens (tertiary/aromatic N) is 2. The van der Waals surface area contributed by atoms with Crippen LogP contribution in [0.3, 0.4) is 0 Å². The lowest BCUT2D eigenvalue weighted by Gasteiger charge is -2.03. The van der Waals surface area contributed by atoms with Crippen LogP contribution in [0.1, 0.15) is 17.0 Å². The molecule has 21 heavy (non-hydrogen) atoms. The molecule has 1 aromatic heterocycles. The Morgan fingerprint density at radius 2 is 2.14 bits per heavy atom. The van der Waals surface area contributed by atoms with Gasteiger partial charge in [-0.25, -0.2) is 0 Å². The number of aryl methyl sites for hydroxylation is 1. The molecule has 110 valence electrons. The summed E-state index contributed by atoms with van der Waals surface area (Å²) >= 11 is 0. The SMILES string of the molecule is COc1cc(C=Cc2cc(C)n(CC(=O)O)n2)ccc1O. The van der Waals surface area contributed by atoms with Gasteiger partial charge in [0, 0.05) is 5.69 Å². The Kier molecular flexibility index (Phi) is 4.27. The van der Waals surface area contributed by atoms with Crippen LogP contribution in [-0.4, -0.2) is 33.1 Å². The summed E-state index contributed by atoms with van der Waals surface area (Å²) in [6.45, 7) is 1.64. The third-order valence-electron chi connectivity index (χ3n) is 2.94. The highest BCUT2D eigenvalue weighted by Crippen LogP contribution is 2.27. The topological polar surface area (TPSA) is 84.6 Å². The summed E-state index contributed by atoms with van der Waals surface area (Å²) in [6, 6.07) is 6.80. The average molecular weight is 288 g/mol. The molecule has 2 N–H and O–H groups in total. The predicted octanol–water partition coefficient (Wildman–Crippen LogP) is 2.16. The minimum absolute atomic E-state index is 0.0798. The molecule has 1 aromatic carbocycles. The van der Waals surface area contributed by atoms with Gasteiger partial charge in [-0.15, -0.1) is 0 Å². The Bertz CT molecular complexity index is 689. The van der Waals surface area contributed by atoms with Crippen LogP contribution in [0.25, 0.3) is 12.2 Å². The predicted molar refractivity (Wildman–Crippen MR) is 78.2 cm³/mol. The fraction of sp³-hybridized carbons (Fsp3) is 0.200. The first-order chi connectivity index (χ1) is 9.99. The van der Waals surface area contributed by atoms with E-state index in [1.165, 1.54) is 11.8 Å². The van der Waals surface area contributed by atoms with Crippen LogP contribution in [-0.2, 0) is 11.3 Å². The lowest BCUT2D eigenvalue weighted by molar-refractivity contribution is -0.137. The van der Waals surface area contributed by atoms with Crippen molar-refractivity contribution < 1.29 is 19.7 Å². The zero-order valence-corrected chi connectivity index (χ0v) is 11.8. The molecule has 0 fully saturated rings. The van der Waals surface area contributed by atoms with Crippen LogP contribution < -0.4 is 4.74 Å². The van der Waals surface area contributed by atoms with E-state index in [0.717, 1.165) is 11.3 Å². The number of aromatic nitrogens is 2. The number of rotatable bonds is 5. The van der Waals surface area contributed by atoms with Gasteiger partial charge in [-0.2, -0.15) is 5.10 Å². The van der Waals surface area contributed by atoms with E-state index < -0.39 is 5.97 Å². The van der Waals surface area contributed by atoms with Gasteiger partial charge in [0.1, 0.15) is 6.54 Å². The molecule has 0 radical (unpaired) electrons. The summed E-state index contributed by atoms with van der Waals surface area (Å²) in [5, 5.41) is 22.5. The van der Waals surface area contributed by atoms with E-state index in [4.69, 9.17) is 9.84 Å². The number of phenols is 1. The first kappa shape index (κ1) is 14.6. The summed E-state index contributed by atoms with van der Waals surface area (Å²) in [5.74, 6) is -0.457. The molecule has 1 heterocycles. The van der Waals surface area contributed by atoms with E-state index in [2.05, 4.69) is 5.10 Å². The highest BCUT2D eigenvalue weighted by atomic mass is 16.5. The number of carboxylic acid groups (broad SMARTS) is 1. The molecule has 0 aliphatic heterocycles. The fourth-order valence-electron chi connectivity index (χ4n) is 1.88. The normalized spacial score (nSPS) is 11.0. The molecule has 0 atom stereocenters. The number of carboxylic acids is 1. The summed E-state index contributed by atoms with van der Waals surface area (Å²) in [6.07, 6.45) is 3.59. The molecular weight excluding hydrogens is 272 g/mol. The van der Waals surface area contributed by atoms with Crippen molar-refractivity contribution in [3.8, 4) is 11.5 Å². The lowest BCUT2D eigenvalue weighted by atomic mass is 10.2. The van der Waals surface area contributed by atoms with E-state index in [-0.39, 0.29) is 12.3 Å². The molecule has 6 heteroatoms. The molecule has 0 saturated carbocycles. The fourth-order valence-corrected chi connectivity index (χ4v) is 1.88. The zero-order chi connectivity index (χ0) is 15.4. The van der Waals surface area contributed by atoms with Crippen molar-refractivity contribution in [2.75, 3.05) is 7.11 Å². The van der Waals surface area contributed by atoms with Crippen LogP contribution in [0.15, 0.2) is 24.3 Å². The molecule has 0 amide bonds. The van der Waals surface area contributed by atoms with Gasteiger partial charge in [0.2, 0.25) is 0 Å². The Morgan fingerprint density at radius 1 is 1.38 bits per heavy atom. The summed E-state index contributed by atoms with van der Waals surface area (Å²) in [7, 11) is 1.49. The Labute approximate surface area is 121 Å². The molecule has 0 aliphatic rings. The molecule has 0 bridgehead atoms. The number of carbonyl (C=O) groups is 1. The van der Waals surface area contributed by atoms with Gasteiger partial charge < -0.3 is 14.9 Å². The lowest BCUT2D eigenvalue weighted by Crippen LogP contribution is -2.11. The summed E-state index contributed by atoms with van der Waals surface area (Å²) in [5.41, 5.74) is 2.29. The number of ether oxygens (including phenoxy) is 1. The van der Waals surface area contributed by atoms with Gasteiger partial charge in [0.05, 0.1) is 12.8 Å². The highest BCUT2D eigenvalue weighted by molar-refractivity contribution is 5.70. The largest absolute Gasteiger partial charge is 0.504 e. The smallest absolute Gasteiger partial charge is 0.325 e. The number of hydrogen-bond acceptors (Lipinski definition) is 4. The minimum atomic E-state index is -0.931. The molecule has 0 aliphatic carbocycles. The van der Waals surface area contributed by atoms with Crippen molar-refractivity contribution in [1.29, 1.82) is 0 Å². The summed E-state index contributed by atoms with van der Waals surface area (Å²) in [4.78, 5) is 10.7. The van der Waals surface area contributed by atoms with Crippen LogP contribution >= 0.6 is 0 Å². The van der Waals surface area contributed by atoms with Crippen molar-refractivity contribution in [1.82, 2.24) is 9.78 Å². The van der Waals surface area contributed by atoms with Crippen LogP contribution in [0, 0.1) is 6.92 Å². The number of aliphatic carboxylic acids is 1. The van der Waals surface area contributed by atoms with Crippen LogP contribution in [0.4, 0.5) is 0 Å². The van der Waals surface area contributed by atoms with Gasteiger partial charge in [-0.1, -0.05) is 12.1 Å². The quantitative estimate of drug-likeness (QED) is 0.880. The van der Waals surface area contributed by atoms with Gasteiger partial charge in [0.25, 0.3) is 0 Å². The molecule has 2 rings (SSSR count). The van der Waals surface area contributed by atoms with Crippen molar-refractivity contribution >= 4 is 18.1 Å². The van der Waals surface area contributed by atoms with Gasteiger partial charge >= 0.3 is 5.97 Å². The van der Waals surface area contributed by atoms with E-state index in [1.807, 2.05) is 6.08 Å². The van der Waals surface area contributed by atoms with Crippen molar-refractivity contribution in [3.63, 3.8) is 0 Å². The average Bonchev–Trinajstić information content (AvgIpc) is 2.77. The van der Waals surface area contributed by atoms with E-state index in [9.17, 15) is 9.90 Å². The molecule has 0 spiro atoms. The third kappa shape index (κ3) is 3.62. The number of aromatic hydroxyl groups is 1. The highest BCUT2D eigenvalue weighted by Gasteiger charge is 2.06. The van der Waals surface area contributed by atoms with Gasteiger partial charge in [0.15, 0.2) is 11.5 Å². The third-order valence-corrected chi connectivity index (χ3v) is 2.94. The molecular formula is C15H16N2O4. The maximum atomic E-state index is 10.7. The monoisotopic (exact) mass is 288 g/mol. The number of hydrogen-bond donors (Lipinski definition) is 2. The minimum Gasteiger partial charge on any atom is -0.504 e. The first-order valence-corrected chi connectivity index (χ1v) is 6.31. The molecule has 0 saturated heterocycles. The first-order valence-electron chi connectivity index (χ1n) is 6.31. The number of methoxy groups -OCH3 is 1. The number of phenolic OH excluding ortho intramolecular Hbond substituents is 1. The van der Waals surface area contributed by atoms with Crippen molar-refractivity contribution in [2.24, 2.45) is 0 Å². The second kappa shape index (κ2) is 6.13. The van der Waals surface area contributed by atoms with Crippen LogP contribution in [0.5, 0.6) is 11.5 Å². The maximum Gasteiger partial charge on any atom is 0.325 e. The van der Waals surface area contributed by atoms with E-state index in [1.54, 1.807) is 37.3 Å². The Morgan fingerprint density at radius 3 is 2.81 bits per heavy atom. The maximum absolute atomic E-state index is 10.7. The van der Waals surface area contributed by atoms with Crippen LogP contribution in [0.2, 0.25) is 0 Å². The van der Waals surface area contributed by atoms with E-state index >= 15 is 0 Å². The van der Waals surface area contributed by atoms with Crippen molar-refractivity contribution in [3.05, 3.63) is 41.2 Å². The second-order valence-corrected chi connectivity index (χ2v) is 4.53. The Balaban J connectivity index is 2.19. The molecule has 0 unspecified atom stereocenters. The van der Waals surface area contributed by atoms with Gasteiger partial charge in [-0.3, -0.25) is 9.48 Å². The zero-order valence-electron chi connectivity index (χ0n) is 11.8. The molecule has 6 nitrogen and oxygen atoms in total. The van der Waals surface area contributed by atoms with Gasteiger partial charge in [-0.05, 0) is 36.8 Å². The standard InChI is InChI=1S/C15H16N2O4/c1-10-7-12(16-17(10)9-15(19)20)5-3-11-4-6-13(18)14(8-11)21-2/h3-8,18H,9H2,1-2H3,(H,19,20). The second-order valence-electron chi connectivity index (χ2n) is 4.53. The Hall–Kier alpha value is -2.76. The molecule has 2 aromatic rings. The van der Waals surface area contributed by atoms with E-state index in [0.29, 0.717) is 11.4 Å². The number of benzene rings is 1. The summed E-state index contributed by atoms with van der Waals surface area (Å²) < 4.78 is 6.47.